The Kier molecular flexibility index (Phi) is 10.7. The van der Waals surface area contributed by atoms with Crippen molar-refractivity contribution in [2.75, 3.05) is 20.8 Å². The van der Waals surface area contributed by atoms with E-state index >= 15 is 0 Å². The third-order valence-electron chi connectivity index (χ3n) is 12.6. The molecular weight excluding hydrogens is 751 g/mol. The third-order valence-corrected chi connectivity index (χ3v) is 12.6. The topological polar surface area (TPSA) is 198 Å². The first kappa shape index (κ1) is 39.6. The zero-order valence-electron chi connectivity index (χ0n) is 34.2. The molecule has 8 atom stereocenters. The molecule has 15 heteroatoms. The Morgan fingerprint density at radius 3 is 1.88 bits per heavy atom. The van der Waals surface area contributed by atoms with E-state index in [1.165, 1.54) is 14.2 Å². The van der Waals surface area contributed by atoms with E-state index in [1.54, 1.807) is 0 Å². The van der Waals surface area contributed by atoms with E-state index in [0.29, 0.717) is 23.4 Å². The molecule has 2 aliphatic heterocycles. The van der Waals surface area contributed by atoms with Gasteiger partial charge in [0.05, 0.1) is 49.8 Å². The fraction of sp³-hybridized carbons (Fsp3) is 0.477. The van der Waals surface area contributed by atoms with Gasteiger partial charge in [0, 0.05) is 24.2 Å². The van der Waals surface area contributed by atoms with E-state index < -0.39 is 18.2 Å². The lowest BCUT2D eigenvalue weighted by molar-refractivity contribution is -0.139. The van der Waals surface area contributed by atoms with Crippen LogP contribution in [0.4, 0.5) is 9.59 Å². The number of piperidine rings is 2. The Labute approximate surface area is 343 Å². The number of imidazole rings is 2. The van der Waals surface area contributed by atoms with Crippen LogP contribution in [0.15, 0.2) is 54.7 Å². The van der Waals surface area contributed by atoms with Gasteiger partial charge in [0.15, 0.2) is 5.69 Å². The maximum absolute atomic E-state index is 13.9. The Morgan fingerprint density at radius 1 is 0.763 bits per heavy atom. The molecule has 4 heterocycles. The molecule has 2 saturated carbocycles. The molecule has 0 bridgehead atoms. The van der Waals surface area contributed by atoms with Crippen LogP contribution < -0.4 is 10.6 Å². The predicted octanol–water partition coefficient (Wildman–Crippen LogP) is 6.34. The van der Waals surface area contributed by atoms with Crippen LogP contribution in [-0.2, 0) is 19.1 Å². The number of amides is 4. The lowest BCUT2D eigenvalue weighted by atomic mass is 9.93. The summed E-state index contributed by atoms with van der Waals surface area (Å²) in [6.07, 6.45) is 4.13. The van der Waals surface area contributed by atoms with Gasteiger partial charge >= 0.3 is 12.2 Å². The number of alkyl carbamates (subject to hydrolysis) is 2. The van der Waals surface area contributed by atoms with Crippen molar-refractivity contribution in [1.82, 2.24) is 40.4 Å². The van der Waals surface area contributed by atoms with Crippen LogP contribution >= 0.6 is 0 Å². The van der Waals surface area contributed by atoms with E-state index in [9.17, 15) is 24.4 Å². The number of aromatic nitrogens is 4. The first-order valence-electron chi connectivity index (χ1n) is 20.5. The van der Waals surface area contributed by atoms with Gasteiger partial charge in [-0.25, -0.2) is 19.6 Å². The van der Waals surface area contributed by atoms with Gasteiger partial charge in [-0.15, -0.1) is 0 Å². The number of methoxy groups -OCH3 is 2. The fourth-order valence-corrected chi connectivity index (χ4v) is 9.12. The number of aromatic amines is 2. The summed E-state index contributed by atoms with van der Waals surface area (Å²) in [5.74, 6) is 1.53. The first-order chi connectivity index (χ1) is 28.4. The van der Waals surface area contributed by atoms with Crippen molar-refractivity contribution in [3.05, 3.63) is 72.1 Å². The van der Waals surface area contributed by atoms with Crippen LogP contribution in [0.3, 0.4) is 0 Å². The molecule has 4 amide bonds. The number of carbonyl (C=O) groups excluding carboxylic acids is 4. The van der Waals surface area contributed by atoms with Gasteiger partial charge in [-0.3, -0.25) is 9.59 Å². The van der Waals surface area contributed by atoms with Crippen molar-refractivity contribution in [3.8, 4) is 39.7 Å². The summed E-state index contributed by atoms with van der Waals surface area (Å²) < 4.78 is 9.52. The molecule has 4 fully saturated rings. The molecular formula is C44H51N9O6. The minimum atomic E-state index is -0.744. The summed E-state index contributed by atoms with van der Waals surface area (Å²) in [4.78, 5) is 71.8. The van der Waals surface area contributed by atoms with Gasteiger partial charge < -0.3 is 39.9 Å². The Bertz CT molecular complexity index is 2280. The highest BCUT2D eigenvalue weighted by molar-refractivity contribution is 5.87. The summed E-state index contributed by atoms with van der Waals surface area (Å²) >= 11 is 0. The Hall–Kier alpha value is -6.17. The SMILES string of the molecule is COC(=O)NC[C@H](C(=O)N1[C@@H]2C[C@@H]2C[C@H]1c1ncc(-c2ccc(-c3ccc(-c4[nH]c([C@@H]5CC6C[C@H]6N5C(=O)[C@@H](NC(=O)OC)C(C)C)nc4C#N)cc3)cc2)[nH]1)C(C)C. The van der Waals surface area contributed by atoms with Crippen LogP contribution in [0.5, 0.6) is 0 Å². The van der Waals surface area contributed by atoms with Crippen molar-refractivity contribution >= 4 is 24.0 Å². The second-order valence-corrected chi connectivity index (χ2v) is 17.0. The summed E-state index contributed by atoms with van der Waals surface area (Å²) in [6, 6.07) is 17.4. The summed E-state index contributed by atoms with van der Waals surface area (Å²) in [7, 11) is 2.59. The number of hydrogen-bond donors (Lipinski definition) is 4. The fourth-order valence-electron chi connectivity index (χ4n) is 9.12. The van der Waals surface area contributed by atoms with Crippen molar-refractivity contribution < 1.29 is 28.7 Å². The van der Waals surface area contributed by atoms with Crippen molar-refractivity contribution in [3.63, 3.8) is 0 Å². The van der Waals surface area contributed by atoms with Gasteiger partial charge in [0.2, 0.25) is 11.8 Å². The second-order valence-electron chi connectivity index (χ2n) is 17.0. The summed E-state index contributed by atoms with van der Waals surface area (Å²) in [5.41, 5.74) is 5.49. The van der Waals surface area contributed by atoms with Crippen LogP contribution in [-0.4, -0.2) is 92.6 Å². The highest BCUT2D eigenvalue weighted by Crippen LogP contribution is 2.55. The molecule has 2 aliphatic carbocycles. The van der Waals surface area contributed by atoms with Gasteiger partial charge in [0.25, 0.3) is 0 Å². The number of nitrogens with one attached hydrogen (secondary N) is 4. The summed E-state index contributed by atoms with van der Waals surface area (Å²) in [5, 5.41) is 15.5. The molecule has 59 heavy (non-hydrogen) atoms. The summed E-state index contributed by atoms with van der Waals surface area (Å²) in [6.45, 7) is 7.98. The number of nitriles is 1. The molecule has 4 aromatic rings. The molecule has 15 nitrogen and oxygen atoms in total. The van der Waals surface area contributed by atoms with E-state index in [4.69, 9.17) is 14.5 Å². The maximum Gasteiger partial charge on any atom is 0.407 e. The average Bonchev–Trinajstić information content (AvgIpc) is 3.86. The van der Waals surface area contributed by atoms with Crippen molar-refractivity contribution in [2.45, 2.75) is 83.6 Å². The normalized spacial score (nSPS) is 23.6. The van der Waals surface area contributed by atoms with Crippen LogP contribution in [0, 0.1) is 40.9 Å². The molecule has 4 N–H and O–H groups in total. The Morgan fingerprint density at radius 2 is 1.32 bits per heavy atom. The van der Waals surface area contributed by atoms with E-state index in [1.807, 2.05) is 80.1 Å². The molecule has 4 aliphatic rings. The van der Waals surface area contributed by atoms with Crippen LogP contribution in [0.2, 0.25) is 0 Å². The number of benzene rings is 2. The molecule has 0 spiro atoms. The smallest absolute Gasteiger partial charge is 0.407 e. The lowest BCUT2D eigenvalue weighted by Gasteiger charge is -2.31. The van der Waals surface area contributed by atoms with Crippen LogP contribution in [0.1, 0.15) is 82.8 Å². The molecule has 308 valence electrons. The van der Waals surface area contributed by atoms with Gasteiger partial charge in [-0.05, 0) is 66.0 Å². The van der Waals surface area contributed by atoms with Crippen LogP contribution in [0.25, 0.3) is 33.6 Å². The average molecular weight is 802 g/mol. The van der Waals surface area contributed by atoms with Crippen molar-refractivity contribution in [1.29, 1.82) is 5.26 Å². The monoisotopic (exact) mass is 801 g/mol. The minimum Gasteiger partial charge on any atom is -0.453 e. The predicted molar refractivity (Wildman–Crippen MR) is 217 cm³/mol. The minimum absolute atomic E-state index is 0.0337. The first-order valence-corrected chi connectivity index (χ1v) is 20.5. The zero-order chi connectivity index (χ0) is 41.7. The van der Waals surface area contributed by atoms with Gasteiger partial charge in [0.1, 0.15) is 23.8 Å². The van der Waals surface area contributed by atoms with E-state index in [-0.39, 0.29) is 66.0 Å². The standard InChI is InChI=1S/C44H51N9O6/c1-22(2)30(20-47-43(56)58-5)41(54)52-33-15-28(33)17-35(52)39-46-21-32(49-39)26-11-7-24(8-12-26)25-9-13-27(14-10-25)38-31(19-45)48-40(50-38)36-18-29-16-34(29)53(36)42(55)37(23(3)4)51-44(57)59-6/h7-14,21-23,28-30,33-37H,15-18,20H2,1-6H3,(H,46,49)(H,47,56)(H,48,50)(H,51,57)/t28-,29?,30+,33-,34-,35+,36+,37+/m1/s1. The lowest BCUT2D eigenvalue weighted by Crippen LogP contribution is -2.52. The number of ether oxygens (including phenoxy) is 2. The number of rotatable bonds is 12. The zero-order valence-corrected chi connectivity index (χ0v) is 34.2. The van der Waals surface area contributed by atoms with E-state index in [2.05, 4.69) is 43.8 Å². The number of H-pyrrole nitrogens is 2. The molecule has 0 radical (unpaired) electrons. The highest BCUT2D eigenvalue weighted by Gasteiger charge is 2.57. The largest absolute Gasteiger partial charge is 0.453 e. The van der Waals surface area contributed by atoms with Crippen molar-refractivity contribution in [2.24, 2.45) is 29.6 Å². The number of carbonyl (C=O) groups is 4. The third kappa shape index (κ3) is 7.64. The molecule has 2 aromatic carbocycles. The highest BCUT2D eigenvalue weighted by atomic mass is 16.5. The quantitative estimate of drug-likeness (QED) is 0.126. The second kappa shape index (κ2) is 15.9. The van der Waals surface area contributed by atoms with Gasteiger partial charge in [-0.1, -0.05) is 76.2 Å². The number of hydrogen-bond acceptors (Lipinski definition) is 9. The van der Waals surface area contributed by atoms with Gasteiger partial charge in [-0.2, -0.15) is 5.26 Å². The molecule has 1 unspecified atom stereocenters. The maximum atomic E-state index is 13.9. The number of fused-ring (bicyclic) bond motifs is 2. The number of nitrogens with zero attached hydrogens (tertiary/aromatic N) is 5. The number of likely N-dealkylation sites (tertiary alicyclic amines) is 2. The molecule has 8 rings (SSSR count). The Balaban J connectivity index is 0.954. The molecule has 2 saturated heterocycles. The molecule has 2 aromatic heterocycles. The van der Waals surface area contributed by atoms with E-state index in [0.717, 1.165) is 59.5 Å².